The zero-order valence-corrected chi connectivity index (χ0v) is 17.2. The molecule has 6 nitrogen and oxygen atoms in total. The van der Waals surface area contributed by atoms with Gasteiger partial charge in [0.05, 0.1) is 0 Å². The van der Waals surface area contributed by atoms with Crippen LogP contribution in [0.15, 0.2) is 54.6 Å². The maximum Gasteiger partial charge on any atom is 0.434 e. The Balaban J connectivity index is 1.34. The summed E-state index contributed by atoms with van der Waals surface area (Å²) >= 11 is 0. The first kappa shape index (κ1) is 21.2. The van der Waals surface area contributed by atoms with Crippen LogP contribution in [-0.4, -0.2) is 46.1 Å². The van der Waals surface area contributed by atoms with Crippen molar-refractivity contribution in [1.82, 2.24) is 19.9 Å². The fourth-order valence-corrected chi connectivity index (χ4v) is 3.74. The van der Waals surface area contributed by atoms with E-state index < -0.39 is 11.9 Å². The number of alkyl halides is 3. The van der Waals surface area contributed by atoms with E-state index in [1.807, 2.05) is 59.5 Å². The van der Waals surface area contributed by atoms with Crippen LogP contribution in [0.5, 0.6) is 5.75 Å². The summed E-state index contributed by atoms with van der Waals surface area (Å²) in [6.45, 7) is 3.34. The molecule has 1 aromatic heterocycles. The third-order valence-electron chi connectivity index (χ3n) is 5.34. The van der Waals surface area contributed by atoms with E-state index in [9.17, 15) is 13.2 Å². The van der Waals surface area contributed by atoms with Crippen molar-refractivity contribution in [3.63, 3.8) is 0 Å². The van der Waals surface area contributed by atoms with E-state index in [1.165, 1.54) is 7.05 Å². The van der Waals surface area contributed by atoms with Gasteiger partial charge in [-0.15, -0.1) is 5.10 Å². The third-order valence-corrected chi connectivity index (χ3v) is 5.34. The summed E-state index contributed by atoms with van der Waals surface area (Å²) in [4.78, 5) is 4.19. The number of hydrogen-bond donors (Lipinski definition) is 0. The number of halogens is 3. The second-order valence-electron chi connectivity index (χ2n) is 7.54. The molecule has 2 aromatic carbocycles. The summed E-state index contributed by atoms with van der Waals surface area (Å²) in [5.41, 5.74) is 1.34. The molecule has 0 aliphatic carbocycles. The van der Waals surface area contributed by atoms with Crippen LogP contribution in [-0.2, 0) is 26.4 Å². The summed E-state index contributed by atoms with van der Waals surface area (Å²) in [5, 5.41) is 7.29. The molecule has 0 atom stereocenters. The first-order valence-electron chi connectivity index (χ1n) is 10.1. The van der Waals surface area contributed by atoms with Gasteiger partial charge in [-0.3, -0.25) is 4.90 Å². The Kier molecular flexibility index (Phi) is 6.13. The Hall–Kier alpha value is -3.07. The smallest absolute Gasteiger partial charge is 0.434 e. The lowest BCUT2D eigenvalue weighted by molar-refractivity contribution is -0.144. The second-order valence-corrected chi connectivity index (χ2v) is 7.54. The van der Waals surface area contributed by atoms with E-state index >= 15 is 0 Å². The molecule has 9 heteroatoms. The maximum absolute atomic E-state index is 13.2. The summed E-state index contributed by atoms with van der Waals surface area (Å²) in [5.74, 6) is 0.790. The lowest BCUT2D eigenvalue weighted by Gasteiger charge is -2.36. The molecule has 4 rings (SSSR count). The summed E-state index contributed by atoms with van der Waals surface area (Å²) < 4.78 is 46.5. The van der Waals surface area contributed by atoms with E-state index in [4.69, 9.17) is 4.74 Å². The van der Waals surface area contributed by atoms with Crippen LogP contribution in [0.1, 0.15) is 17.0 Å². The normalized spacial score (nSPS) is 15.3. The highest BCUT2D eigenvalue weighted by Gasteiger charge is 2.39. The highest BCUT2D eigenvalue weighted by atomic mass is 19.4. The van der Waals surface area contributed by atoms with Gasteiger partial charge in [-0.05, 0) is 17.7 Å². The number of rotatable bonds is 6. The molecule has 0 bridgehead atoms. The number of aromatic nitrogens is 3. The standard InChI is InChI=1S/C22H24F3N5O/c1-28-21(22(23,24)25)20(26-27-28)15-29-10-12-30(13-11-29)18-8-5-9-19(14-18)31-16-17-6-3-2-4-7-17/h2-9,14H,10-13,15-16H2,1H3. The lowest BCUT2D eigenvalue weighted by atomic mass is 10.2. The van der Waals surface area contributed by atoms with Crippen LogP contribution in [0.4, 0.5) is 18.9 Å². The first-order chi connectivity index (χ1) is 14.9. The van der Waals surface area contributed by atoms with Gasteiger partial charge < -0.3 is 9.64 Å². The van der Waals surface area contributed by atoms with Crippen molar-refractivity contribution >= 4 is 5.69 Å². The largest absolute Gasteiger partial charge is 0.489 e. The Bertz CT molecular complexity index is 998. The van der Waals surface area contributed by atoms with E-state index in [0.29, 0.717) is 32.8 Å². The Morgan fingerprint density at radius 2 is 1.71 bits per heavy atom. The lowest BCUT2D eigenvalue weighted by Crippen LogP contribution is -2.46. The fourth-order valence-electron chi connectivity index (χ4n) is 3.74. The van der Waals surface area contributed by atoms with Crippen LogP contribution >= 0.6 is 0 Å². The molecule has 1 aliphatic heterocycles. The zero-order chi connectivity index (χ0) is 21.8. The van der Waals surface area contributed by atoms with E-state index in [-0.39, 0.29) is 12.2 Å². The van der Waals surface area contributed by atoms with Crippen molar-refractivity contribution in [2.45, 2.75) is 19.3 Å². The van der Waals surface area contributed by atoms with E-state index in [1.54, 1.807) is 0 Å². The molecule has 0 N–H and O–H groups in total. The van der Waals surface area contributed by atoms with Crippen LogP contribution in [0.2, 0.25) is 0 Å². The molecule has 3 aromatic rings. The number of hydrogen-bond acceptors (Lipinski definition) is 5. The predicted molar refractivity (Wildman–Crippen MR) is 111 cm³/mol. The molecular weight excluding hydrogens is 407 g/mol. The Labute approximate surface area is 178 Å². The second kappa shape index (κ2) is 8.97. The first-order valence-corrected chi connectivity index (χ1v) is 10.1. The Morgan fingerprint density at radius 3 is 2.42 bits per heavy atom. The summed E-state index contributed by atoms with van der Waals surface area (Å²) in [6, 6.07) is 17.9. The number of piperazine rings is 1. The van der Waals surface area contributed by atoms with Crippen molar-refractivity contribution in [1.29, 1.82) is 0 Å². The average molecular weight is 431 g/mol. The molecule has 1 fully saturated rings. The number of benzene rings is 2. The minimum absolute atomic E-state index is 0.0280. The number of nitrogens with zero attached hydrogens (tertiary/aromatic N) is 5. The highest BCUT2D eigenvalue weighted by Crippen LogP contribution is 2.31. The summed E-state index contributed by atoms with van der Waals surface area (Å²) in [6.07, 6.45) is -4.46. The number of aryl methyl sites for hydroxylation is 1. The molecule has 1 aliphatic rings. The molecule has 0 amide bonds. The Morgan fingerprint density at radius 1 is 0.968 bits per heavy atom. The van der Waals surface area contributed by atoms with Gasteiger partial charge >= 0.3 is 6.18 Å². The van der Waals surface area contributed by atoms with Crippen molar-refractivity contribution in [3.05, 3.63) is 71.5 Å². The molecule has 2 heterocycles. The molecule has 0 spiro atoms. The molecule has 1 saturated heterocycles. The minimum Gasteiger partial charge on any atom is -0.489 e. The van der Waals surface area contributed by atoms with Gasteiger partial charge in [0.1, 0.15) is 18.1 Å². The van der Waals surface area contributed by atoms with Gasteiger partial charge in [-0.1, -0.05) is 41.6 Å². The van der Waals surface area contributed by atoms with Gasteiger partial charge in [0.15, 0.2) is 5.69 Å². The molecule has 0 radical (unpaired) electrons. The van der Waals surface area contributed by atoms with Gasteiger partial charge in [0.2, 0.25) is 0 Å². The SMILES string of the molecule is Cn1nnc(CN2CCN(c3cccc(OCc4ccccc4)c3)CC2)c1C(F)(F)F. The van der Waals surface area contributed by atoms with Crippen LogP contribution < -0.4 is 9.64 Å². The van der Waals surface area contributed by atoms with Crippen molar-refractivity contribution < 1.29 is 17.9 Å². The zero-order valence-electron chi connectivity index (χ0n) is 17.2. The van der Waals surface area contributed by atoms with Crippen molar-refractivity contribution in [3.8, 4) is 5.75 Å². The molecular formula is C22H24F3N5O. The van der Waals surface area contributed by atoms with Crippen molar-refractivity contribution in [2.75, 3.05) is 31.1 Å². The van der Waals surface area contributed by atoms with Gasteiger partial charge in [0, 0.05) is 51.5 Å². The third kappa shape index (κ3) is 5.16. The highest BCUT2D eigenvalue weighted by molar-refractivity contribution is 5.51. The van der Waals surface area contributed by atoms with Gasteiger partial charge in [0.25, 0.3) is 0 Å². The van der Waals surface area contributed by atoms with Crippen LogP contribution in [0.3, 0.4) is 0 Å². The monoisotopic (exact) mass is 431 g/mol. The minimum atomic E-state index is -4.46. The average Bonchev–Trinajstić information content (AvgIpc) is 3.14. The molecule has 31 heavy (non-hydrogen) atoms. The van der Waals surface area contributed by atoms with E-state index in [0.717, 1.165) is 21.7 Å². The van der Waals surface area contributed by atoms with Crippen LogP contribution in [0, 0.1) is 0 Å². The maximum atomic E-state index is 13.2. The number of ether oxygens (including phenoxy) is 1. The number of anilines is 1. The summed E-state index contributed by atoms with van der Waals surface area (Å²) in [7, 11) is 1.27. The molecule has 0 unspecified atom stereocenters. The fraction of sp³-hybridized carbons (Fsp3) is 0.364. The topological polar surface area (TPSA) is 46.4 Å². The van der Waals surface area contributed by atoms with Crippen molar-refractivity contribution in [2.24, 2.45) is 7.05 Å². The van der Waals surface area contributed by atoms with Crippen LogP contribution in [0.25, 0.3) is 0 Å². The molecule has 164 valence electrons. The molecule has 0 saturated carbocycles. The van der Waals surface area contributed by atoms with Gasteiger partial charge in [-0.2, -0.15) is 13.2 Å². The van der Waals surface area contributed by atoms with Gasteiger partial charge in [-0.25, -0.2) is 4.68 Å². The quantitative estimate of drug-likeness (QED) is 0.595. The van der Waals surface area contributed by atoms with E-state index in [2.05, 4.69) is 15.2 Å². The predicted octanol–water partition coefficient (Wildman–Crippen LogP) is 3.74.